The van der Waals surface area contributed by atoms with Gasteiger partial charge in [0.25, 0.3) is 0 Å². The molecule has 0 heterocycles. The van der Waals surface area contributed by atoms with Crippen molar-refractivity contribution in [3.05, 3.63) is 72.3 Å². The molecule has 1 aliphatic rings. The first kappa shape index (κ1) is 17.5. The summed E-state index contributed by atoms with van der Waals surface area (Å²) in [5.74, 6) is 0.689. The molecule has 0 N–H and O–H groups in total. The average molecular weight is 334 g/mol. The third kappa shape index (κ3) is 3.84. The molecule has 2 aromatic rings. The topological polar surface area (TPSA) is 26.3 Å². The zero-order chi connectivity index (χ0) is 17.8. The Bertz CT molecular complexity index is 730. The molecule has 1 aliphatic carbocycles. The largest absolute Gasteiger partial charge is 0.469 e. The van der Waals surface area contributed by atoms with Crippen LogP contribution in [0.25, 0.3) is 11.1 Å². The van der Waals surface area contributed by atoms with Crippen LogP contribution in [-0.4, -0.2) is 13.1 Å². The number of rotatable bonds is 4. The van der Waals surface area contributed by atoms with Crippen LogP contribution >= 0.6 is 0 Å². The minimum Gasteiger partial charge on any atom is -0.469 e. The minimum atomic E-state index is -0.0777. The van der Waals surface area contributed by atoms with Gasteiger partial charge in [0.05, 0.1) is 13.0 Å². The number of methoxy groups -OCH3 is 1. The van der Waals surface area contributed by atoms with E-state index in [-0.39, 0.29) is 11.9 Å². The summed E-state index contributed by atoms with van der Waals surface area (Å²) >= 11 is 0. The average Bonchev–Trinajstić information content (AvgIpc) is 2.67. The maximum Gasteiger partial charge on any atom is 0.308 e. The van der Waals surface area contributed by atoms with Crippen molar-refractivity contribution in [1.82, 2.24) is 0 Å². The van der Waals surface area contributed by atoms with Gasteiger partial charge in [-0.05, 0) is 54.7 Å². The molecular formula is C23H26O2. The van der Waals surface area contributed by atoms with Crippen LogP contribution < -0.4 is 0 Å². The van der Waals surface area contributed by atoms with Crippen LogP contribution in [0.2, 0.25) is 0 Å². The molecule has 2 aromatic carbocycles. The van der Waals surface area contributed by atoms with E-state index in [2.05, 4.69) is 62.0 Å². The van der Waals surface area contributed by atoms with Gasteiger partial charge in [0.1, 0.15) is 0 Å². The predicted octanol–water partition coefficient (Wildman–Crippen LogP) is 5.60. The Morgan fingerprint density at radius 1 is 1.00 bits per heavy atom. The van der Waals surface area contributed by atoms with Crippen LogP contribution in [0.5, 0.6) is 0 Å². The summed E-state index contributed by atoms with van der Waals surface area (Å²) in [6.45, 7) is 6.30. The highest BCUT2D eigenvalue weighted by Gasteiger charge is 2.35. The molecule has 0 radical (unpaired) electrons. The molecule has 2 heteroatoms. The van der Waals surface area contributed by atoms with Crippen molar-refractivity contribution >= 4 is 5.97 Å². The number of hydrogen-bond donors (Lipinski definition) is 0. The standard InChI is InChI=1S/C23H26O2/c1-16(2)21-14-13-20(23(24)25-3)15-22(21)19-11-9-18(10-12-19)17-7-5-4-6-8-17/h4-12,20-22H,1,13-15H2,2-3H3/t20-,21+,22+/m1/s1. The lowest BCUT2D eigenvalue weighted by atomic mass is 9.69. The highest BCUT2D eigenvalue weighted by atomic mass is 16.5. The molecule has 0 saturated heterocycles. The smallest absolute Gasteiger partial charge is 0.308 e. The molecule has 0 aromatic heterocycles. The number of esters is 1. The fraction of sp³-hybridized carbons (Fsp3) is 0.348. The summed E-state index contributed by atoms with van der Waals surface area (Å²) in [5, 5.41) is 0. The number of carbonyl (C=O) groups is 1. The van der Waals surface area contributed by atoms with Crippen LogP contribution in [0.4, 0.5) is 0 Å². The van der Waals surface area contributed by atoms with Gasteiger partial charge in [-0.15, -0.1) is 0 Å². The molecule has 1 saturated carbocycles. The van der Waals surface area contributed by atoms with Gasteiger partial charge in [-0.2, -0.15) is 0 Å². The fourth-order valence-electron chi connectivity index (χ4n) is 4.06. The van der Waals surface area contributed by atoms with E-state index in [9.17, 15) is 4.79 Å². The van der Waals surface area contributed by atoms with Crippen LogP contribution in [0, 0.1) is 11.8 Å². The summed E-state index contributed by atoms with van der Waals surface area (Å²) in [4.78, 5) is 12.0. The zero-order valence-corrected chi connectivity index (χ0v) is 15.1. The first-order valence-electron chi connectivity index (χ1n) is 8.98. The van der Waals surface area contributed by atoms with Gasteiger partial charge in [-0.1, -0.05) is 66.7 Å². The molecule has 2 nitrogen and oxygen atoms in total. The Labute approximate surface area is 150 Å². The highest BCUT2D eigenvalue weighted by Crippen LogP contribution is 2.44. The Morgan fingerprint density at radius 2 is 1.64 bits per heavy atom. The normalized spacial score (nSPS) is 23.0. The number of allylic oxidation sites excluding steroid dienone is 1. The zero-order valence-electron chi connectivity index (χ0n) is 15.1. The fourth-order valence-corrected chi connectivity index (χ4v) is 4.06. The number of benzene rings is 2. The van der Waals surface area contributed by atoms with E-state index in [1.165, 1.54) is 29.4 Å². The summed E-state index contributed by atoms with van der Waals surface area (Å²) in [7, 11) is 1.48. The Morgan fingerprint density at radius 3 is 2.24 bits per heavy atom. The van der Waals surface area contributed by atoms with Gasteiger partial charge >= 0.3 is 5.97 Å². The van der Waals surface area contributed by atoms with Crippen LogP contribution in [-0.2, 0) is 9.53 Å². The maximum atomic E-state index is 12.0. The van der Waals surface area contributed by atoms with Gasteiger partial charge in [-0.25, -0.2) is 0 Å². The van der Waals surface area contributed by atoms with Crippen molar-refractivity contribution in [2.45, 2.75) is 32.1 Å². The molecular weight excluding hydrogens is 308 g/mol. The minimum absolute atomic E-state index is 0.000556. The summed E-state index contributed by atoms with van der Waals surface area (Å²) in [5.41, 5.74) is 4.94. The van der Waals surface area contributed by atoms with Gasteiger partial charge < -0.3 is 4.74 Å². The molecule has 0 bridgehead atoms. The molecule has 3 atom stereocenters. The van der Waals surface area contributed by atoms with E-state index >= 15 is 0 Å². The highest BCUT2D eigenvalue weighted by molar-refractivity contribution is 5.72. The van der Waals surface area contributed by atoms with Crippen molar-refractivity contribution in [2.24, 2.45) is 11.8 Å². The van der Waals surface area contributed by atoms with Gasteiger partial charge in [0.2, 0.25) is 0 Å². The van der Waals surface area contributed by atoms with E-state index in [1.54, 1.807) is 0 Å². The monoisotopic (exact) mass is 334 g/mol. The Balaban J connectivity index is 1.85. The SMILES string of the molecule is C=C(C)[C@@H]1CC[C@@H](C(=O)OC)C[C@H]1c1ccc(-c2ccccc2)cc1. The second-order valence-corrected chi connectivity index (χ2v) is 7.08. The summed E-state index contributed by atoms with van der Waals surface area (Å²) < 4.78 is 4.99. The van der Waals surface area contributed by atoms with Crippen molar-refractivity contribution in [1.29, 1.82) is 0 Å². The lowest BCUT2D eigenvalue weighted by Gasteiger charge is -2.36. The quantitative estimate of drug-likeness (QED) is 0.537. The number of hydrogen-bond acceptors (Lipinski definition) is 2. The number of ether oxygens (including phenoxy) is 1. The second-order valence-electron chi connectivity index (χ2n) is 7.08. The van der Waals surface area contributed by atoms with E-state index in [4.69, 9.17) is 4.74 Å². The maximum absolute atomic E-state index is 12.0. The molecule has 1 fully saturated rings. The van der Waals surface area contributed by atoms with E-state index in [0.29, 0.717) is 11.8 Å². The van der Waals surface area contributed by atoms with E-state index < -0.39 is 0 Å². The van der Waals surface area contributed by atoms with E-state index in [0.717, 1.165) is 19.3 Å². The third-order valence-electron chi connectivity index (χ3n) is 5.46. The van der Waals surface area contributed by atoms with Gasteiger partial charge in [0, 0.05) is 0 Å². The predicted molar refractivity (Wildman–Crippen MR) is 102 cm³/mol. The van der Waals surface area contributed by atoms with Crippen molar-refractivity contribution in [3.8, 4) is 11.1 Å². The van der Waals surface area contributed by atoms with Crippen LogP contribution in [0.3, 0.4) is 0 Å². The van der Waals surface area contributed by atoms with Crippen LogP contribution in [0.15, 0.2) is 66.7 Å². The Hall–Kier alpha value is -2.35. The summed E-state index contributed by atoms with van der Waals surface area (Å²) in [6, 6.07) is 19.2. The lowest BCUT2D eigenvalue weighted by molar-refractivity contribution is -0.147. The van der Waals surface area contributed by atoms with Crippen molar-refractivity contribution in [2.75, 3.05) is 7.11 Å². The summed E-state index contributed by atoms with van der Waals surface area (Å²) in [6.07, 6.45) is 2.73. The van der Waals surface area contributed by atoms with Gasteiger partial charge in [0.15, 0.2) is 0 Å². The molecule has 130 valence electrons. The molecule has 0 aliphatic heterocycles. The molecule has 25 heavy (non-hydrogen) atoms. The molecule has 0 spiro atoms. The molecule has 3 rings (SSSR count). The number of carbonyl (C=O) groups excluding carboxylic acids is 1. The van der Waals surface area contributed by atoms with Crippen LogP contribution in [0.1, 0.15) is 37.7 Å². The second kappa shape index (κ2) is 7.69. The van der Waals surface area contributed by atoms with Gasteiger partial charge in [-0.3, -0.25) is 4.79 Å². The first-order chi connectivity index (χ1) is 12.1. The third-order valence-corrected chi connectivity index (χ3v) is 5.46. The van der Waals surface area contributed by atoms with Crippen molar-refractivity contribution < 1.29 is 9.53 Å². The lowest BCUT2D eigenvalue weighted by Crippen LogP contribution is -2.29. The van der Waals surface area contributed by atoms with E-state index in [1.807, 2.05) is 6.07 Å². The Kier molecular flexibility index (Phi) is 5.37. The molecule has 0 unspecified atom stereocenters. The van der Waals surface area contributed by atoms with Crippen molar-refractivity contribution in [3.63, 3.8) is 0 Å². The molecule has 0 amide bonds. The first-order valence-corrected chi connectivity index (χ1v) is 8.98.